The van der Waals surface area contributed by atoms with Gasteiger partial charge in [0.1, 0.15) is 5.01 Å². The van der Waals surface area contributed by atoms with E-state index in [2.05, 4.69) is 6.07 Å². The van der Waals surface area contributed by atoms with Crippen molar-refractivity contribution in [2.75, 3.05) is 6.54 Å². The van der Waals surface area contributed by atoms with E-state index >= 15 is 0 Å². The third-order valence-corrected chi connectivity index (χ3v) is 4.85. The van der Waals surface area contributed by atoms with Crippen molar-refractivity contribution in [3.8, 4) is 10.6 Å². The molecule has 0 saturated carbocycles. The van der Waals surface area contributed by atoms with Crippen LogP contribution in [0.25, 0.3) is 10.6 Å². The van der Waals surface area contributed by atoms with Crippen molar-refractivity contribution in [3.05, 3.63) is 39.9 Å². The summed E-state index contributed by atoms with van der Waals surface area (Å²) >= 11 is 7.82. The molecule has 18 heavy (non-hydrogen) atoms. The molecule has 0 radical (unpaired) electrons. The van der Waals surface area contributed by atoms with Crippen LogP contribution >= 0.6 is 22.9 Å². The van der Waals surface area contributed by atoms with Crippen molar-refractivity contribution in [2.45, 2.75) is 19.3 Å². The number of nitrogens with two attached hydrogens (primary N) is 1. The highest BCUT2D eigenvalue weighted by molar-refractivity contribution is 7.15. The number of aromatic nitrogens is 1. The number of halogens is 1. The fourth-order valence-electron chi connectivity index (χ4n) is 2.39. The predicted molar refractivity (Wildman–Crippen MR) is 77.1 cm³/mol. The van der Waals surface area contributed by atoms with Crippen LogP contribution in [0.3, 0.4) is 0 Å². The molecule has 0 aliphatic heterocycles. The molecule has 0 amide bonds. The summed E-state index contributed by atoms with van der Waals surface area (Å²) in [6.07, 6.45) is 3.32. The van der Waals surface area contributed by atoms with E-state index in [-0.39, 0.29) is 0 Å². The molecule has 1 atom stereocenters. The van der Waals surface area contributed by atoms with Crippen molar-refractivity contribution in [2.24, 2.45) is 11.7 Å². The quantitative estimate of drug-likeness (QED) is 0.913. The molecule has 1 heterocycles. The molecule has 0 saturated heterocycles. The van der Waals surface area contributed by atoms with Gasteiger partial charge in [-0.05, 0) is 43.9 Å². The van der Waals surface area contributed by atoms with Crippen LogP contribution in [-0.2, 0) is 12.8 Å². The Balaban J connectivity index is 1.94. The van der Waals surface area contributed by atoms with Gasteiger partial charge in [0.05, 0.1) is 5.69 Å². The maximum Gasteiger partial charge on any atom is 0.123 e. The van der Waals surface area contributed by atoms with Crippen molar-refractivity contribution < 1.29 is 0 Å². The van der Waals surface area contributed by atoms with Crippen LogP contribution in [0.4, 0.5) is 0 Å². The van der Waals surface area contributed by atoms with Gasteiger partial charge in [0.2, 0.25) is 0 Å². The zero-order valence-electron chi connectivity index (χ0n) is 10.0. The summed E-state index contributed by atoms with van der Waals surface area (Å²) in [4.78, 5) is 6.16. The Morgan fingerprint density at radius 1 is 1.44 bits per heavy atom. The smallest absolute Gasteiger partial charge is 0.123 e. The van der Waals surface area contributed by atoms with Gasteiger partial charge in [-0.25, -0.2) is 4.98 Å². The Kier molecular flexibility index (Phi) is 3.37. The number of rotatable bonds is 2. The summed E-state index contributed by atoms with van der Waals surface area (Å²) in [5.41, 5.74) is 8.15. The van der Waals surface area contributed by atoms with Gasteiger partial charge in [0.25, 0.3) is 0 Å². The lowest BCUT2D eigenvalue weighted by Gasteiger charge is -2.18. The van der Waals surface area contributed by atoms with Gasteiger partial charge in [-0.2, -0.15) is 0 Å². The molecular formula is C14H15ClN2S. The predicted octanol–water partition coefficient (Wildman–Crippen LogP) is 3.53. The normalized spacial score (nSPS) is 18.7. The van der Waals surface area contributed by atoms with Crippen LogP contribution in [0, 0.1) is 5.92 Å². The average Bonchev–Trinajstić information content (AvgIpc) is 2.81. The maximum absolute atomic E-state index is 6.03. The van der Waals surface area contributed by atoms with Crippen LogP contribution in [0.2, 0.25) is 5.02 Å². The molecule has 4 heteroatoms. The second-order valence-corrected chi connectivity index (χ2v) is 6.26. The molecule has 94 valence electrons. The molecule has 1 aromatic carbocycles. The van der Waals surface area contributed by atoms with E-state index in [0.717, 1.165) is 35.0 Å². The van der Waals surface area contributed by atoms with Gasteiger partial charge in [-0.3, -0.25) is 0 Å². The van der Waals surface area contributed by atoms with Crippen LogP contribution in [0.1, 0.15) is 17.0 Å². The highest BCUT2D eigenvalue weighted by Gasteiger charge is 2.21. The van der Waals surface area contributed by atoms with Crippen LogP contribution in [0.5, 0.6) is 0 Å². The molecule has 3 rings (SSSR count). The average molecular weight is 279 g/mol. The molecule has 0 fully saturated rings. The summed E-state index contributed by atoms with van der Waals surface area (Å²) in [6.45, 7) is 0.782. The van der Waals surface area contributed by atoms with E-state index < -0.39 is 0 Å². The minimum absolute atomic E-state index is 0.630. The molecule has 1 unspecified atom stereocenters. The van der Waals surface area contributed by atoms with Gasteiger partial charge in [0.15, 0.2) is 0 Å². The summed E-state index contributed by atoms with van der Waals surface area (Å²) in [5.74, 6) is 0.630. The number of thiazole rings is 1. The lowest BCUT2D eigenvalue weighted by Crippen LogP contribution is -2.21. The largest absolute Gasteiger partial charge is 0.330 e. The fraction of sp³-hybridized carbons (Fsp3) is 0.357. The first-order valence-corrected chi connectivity index (χ1v) is 7.40. The Bertz CT molecular complexity index is 565. The first-order chi connectivity index (χ1) is 8.76. The molecule has 1 aliphatic carbocycles. The molecule has 0 spiro atoms. The van der Waals surface area contributed by atoms with Crippen molar-refractivity contribution >= 4 is 22.9 Å². The number of hydrogen-bond acceptors (Lipinski definition) is 3. The molecule has 2 N–H and O–H groups in total. The van der Waals surface area contributed by atoms with E-state index in [0.29, 0.717) is 5.92 Å². The molecular weight excluding hydrogens is 264 g/mol. The molecule has 0 bridgehead atoms. The molecule has 2 aromatic rings. The van der Waals surface area contributed by atoms with Crippen LogP contribution in [-0.4, -0.2) is 11.5 Å². The molecule has 1 aromatic heterocycles. The van der Waals surface area contributed by atoms with Crippen molar-refractivity contribution in [1.82, 2.24) is 4.98 Å². The van der Waals surface area contributed by atoms with E-state index in [9.17, 15) is 0 Å². The topological polar surface area (TPSA) is 38.9 Å². The summed E-state index contributed by atoms with van der Waals surface area (Å²) in [6, 6.07) is 7.91. The van der Waals surface area contributed by atoms with Gasteiger partial charge in [-0.15, -0.1) is 11.3 Å². The molecule has 1 aliphatic rings. The lowest BCUT2D eigenvalue weighted by molar-refractivity contribution is 0.470. The summed E-state index contributed by atoms with van der Waals surface area (Å²) < 4.78 is 0. The second-order valence-electron chi connectivity index (χ2n) is 4.74. The first kappa shape index (κ1) is 12.2. The van der Waals surface area contributed by atoms with Gasteiger partial charge < -0.3 is 5.73 Å². The molecule has 2 nitrogen and oxygen atoms in total. The monoisotopic (exact) mass is 278 g/mol. The third kappa shape index (κ3) is 2.30. The second kappa shape index (κ2) is 5.00. The number of aryl methyl sites for hydroxylation is 1. The van der Waals surface area contributed by atoms with E-state index in [1.807, 2.05) is 18.2 Å². The lowest BCUT2D eigenvalue weighted by atomic mass is 9.91. The number of fused-ring (bicyclic) bond motifs is 1. The number of nitrogens with zero attached hydrogens (tertiary/aromatic N) is 1. The zero-order chi connectivity index (χ0) is 12.5. The summed E-state index contributed by atoms with van der Waals surface area (Å²) in [7, 11) is 0. The first-order valence-electron chi connectivity index (χ1n) is 6.21. The minimum Gasteiger partial charge on any atom is -0.330 e. The number of benzene rings is 1. The third-order valence-electron chi connectivity index (χ3n) is 3.45. The van der Waals surface area contributed by atoms with Crippen molar-refractivity contribution in [1.29, 1.82) is 0 Å². The maximum atomic E-state index is 6.03. The standard InChI is InChI=1S/C14H15ClN2S/c15-11-3-1-2-10(7-11)14-17-12-5-4-9(8-16)6-13(12)18-14/h1-3,7,9H,4-6,8,16H2. The van der Waals surface area contributed by atoms with Gasteiger partial charge in [-0.1, -0.05) is 23.7 Å². The Morgan fingerprint density at radius 3 is 3.11 bits per heavy atom. The van der Waals surface area contributed by atoms with E-state index in [4.69, 9.17) is 22.3 Å². The fourth-order valence-corrected chi connectivity index (χ4v) is 3.80. The van der Waals surface area contributed by atoms with E-state index in [1.54, 1.807) is 11.3 Å². The zero-order valence-corrected chi connectivity index (χ0v) is 11.6. The highest BCUT2D eigenvalue weighted by atomic mass is 35.5. The van der Waals surface area contributed by atoms with Crippen molar-refractivity contribution in [3.63, 3.8) is 0 Å². The van der Waals surface area contributed by atoms with E-state index in [1.165, 1.54) is 17.0 Å². The summed E-state index contributed by atoms with van der Waals surface area (Å²) in [5, 5.41) is 1.85. The highest BCUT2D eigenvalue weighted by Crippen LogP contribution is 2.34. The SMILES string of the molecule is NCC1CCc2nc(-c3cccc(Cl)c3)sc2C1. The Morgan fingerprint density at radius 2 is 2.33 bits per heavy atom. The minimum atomic E-state index is 0.630. The van der Waals surface area contributed by atoms with Gasteiger partial charge >= 0.3 is 0 Å². The van der Waals surface area contributed by atoms with Crippen LogP contribution < -0.4 is 5.73 Å². The Hall–Kier alpha value is -0.900. The Labute approximate surface area is 116 Å². The number of hydrogen-bond donors (Lipinski definition) is 1. The van der Waals surface area contributed by atoms with Crippen LogP contribution in [0.15, 0.2) is 24.3 Å². The van der Waals surface area contributed by atoms with Gasteiger partial charge in [0, 0.05) is 15.5 Å².